The lowest BCUT2D eigenvalue weighted by Crippen LogP contribution is -2.50. The molecule has 7 nitrogen and oxygen atoms in total. The number of anilines is 1. The normalized spacial score (nSPS) is 14.5. The molecule has 0 atom stereocenters. The molecular formula is C32H32ClN3O4S. The molecule has 1 amide bonds. The van der Waals surface area contributed by atoms with E-state index >= 15 is 0 Å². The number of hydrogen-bond donors (Lipinski definition) is 0. The van der Waals surface area contributed by atoms with Gasteiger partial charge < -0.3 is 24.0 Å². The topological polar surface area (TPSA) is 54.5 Å². The summed E-state index contributed by atoms with van der Waals surface area (Å²) < 4.78 is 17.3. The largest absolute Gasteiger partial charge is 0.483 e. The fraction of sp³-hybridized carbons (Fsp3) is 0.281. The lowest BCUT2D eigenvalue weighted by atomic mass is 10.0. The Bertz CT molecular complexity index is 1490. The second-order valence-corrected chi connectivity index (χ2v) is 11.7. The molecule has 0 aliphatic carbocycles. The lowest BCUT2D eigenvalue weighted by Gasteiger charge is -2.36. The van der Waals surface area contributed by atoms with Crippen molar-refractivity contribution >= 4 is 34.5 Å². The van der Waals surface area contributed by atoms with Gasteiger partial charge in [-0.05, 0) is 78.2 Å². The van der Waals surface area contributed by atoms with Crippen LogP contribution in [0.5, 0.6) is 17.2 Å². The van der Waals surface area contributed by atoms with Gasteiger partial charge in [0.05, 0.1) is 0 Å². The molecule has 0 bridgehead atoms. The van der Waals surface area contributed by atoms with E-state index in [1.807, 2.05) is 59.5 Å². The predicted molar refractivity (Wildman–Crippen MR) is 163 cm³/mol. The van der Waals surface area contributed by atoms with Gasteiger partial charge >= 0.3 is 0 Å². The average molecular weight is 590 g/mol. The first-order valence-electron chi connectivity index (χ1n) is 13.7. The van der Waals surface area contributed by atoms with Crippen LogP contribution in [0, 0.1) is 0 Å². The monoisotopic (exact) mass is 589 g/mol. The summed E-state index contributed by atoms with van der Waals surface area (Å²) in [6.45, 7) is 4.63. The number of ether oxygens (including phenoxy) is 3. The first-order valence-corrected chi connectivity index (χ1v) is 14.9. The lowest BCUT2D eigenvalue weighted by molar-refractivity contribution is -0.133. The Hall–Kier alpha value is -3.72. The van der Waals surface area contributed by atoms with Gasteiger partial charge in [0.2, 0.25) is 6.79 Å². The highest BCUT2D eigenvalue weighted by atomic mass is 35.5. The first kappa shape index (κ1) is 27.4. The highest BCUT2D eigenvalue weighted by Crippen LogP contribution is 2.37. The Morgan fingerprint density at radius 3 is 2.46 bits per heavy atom. The van der Waals surface area contributed by atoms with E-state index in [2.05, 4.69) is 40.4 Å². The van der Waals surface area contributed by atoms with Gasteiger partial charge in [0.25, 0.3) is 5.91 Å². The molecule has 4 aromatic rings. The molecule has 212 valence electrons. The summed E-state index contributed by atoms with van der Waals surface area (Å²) in [5.74, 6) is 2.23. The van der Waals surface area contributed by atoms with Crippen molar-refractivity contribution < 1.29 is 19.0 Å². The smallest absolute Gasteiger partial charge is 0.260 e. The summed E-state index contributed by atoms with van der Waals surface area (Å²) in [6.07, 6.45) is 0. The van der Waals surface area contributed by atoms with Gasteiger partial charge in [-0.2, -0.15) is 0 Å². The van der Waals surface area contributed by atoms with Crippen molar-refractivity contribution in [1.29, 1.82) is 0 Å². The van der Waals surface area contributed by atoms with Crippen molar-refractivity contribution in [2.45, 2.75) is 13.1 Å². The van der Waals surface area contributed by atoms with E-state index in [1.54, 1.807) is 11.3 Å². The SMILES string of the molecule is CN(Cc1cccs1)Cc1cc(-c2ccc3c(c2)OCO3)ccc1OCC(=O)N1CCN(c2ccc(Cl)cc2)CC1. The Labute approximate surface area is 249 Å². The van der Waals surface area contributed by atoms with Gasteiger partial charge in [0.1, 0.15) is 5.75 Å². The van der Waals surface area contributed by atoms with Crippen LogP contribution >= 0.6 is 22.9 Å². The van der Waals surface area contributed by atoms with Crippen LogP contribution in [0.4, 0.5) is 5.69 Å². The van der Waals surface area contributed by atoms with Crippen molar-refractivity contribution in [3.8, 4) is 28.4 Å². The fourth-order valence-electron chi connectivity index (χ4n) is 5.21. The Morgan fingerprint density at radius 1 is 0.927 bits per heavy atom. The van der Waals surface area contributed by atoms with Crippen molar-refractivity contribution in [3.63, 3.8) is 0 Å². The Balaban J connectivity index is 1.13. The van der Waals surface area contributed by atoms with Crippen LogP contribution in [0.1, 0.15) is 10.4 Å². The van der Waals surface area contributed by atoms with Gasteiger partial charge in [-0.1, -0.05) is 29.8 Å². The number of piperazine rings is 1. The number of fused-ring (bicyclic) bond motifs is 1. The average Bonchev–Trinajstić information content (AvgIpc) is 3.68. The Morgan fingerprint density at radius 2 is 1.68 bits per heavy atom. The molecular weight excluding hydrogens is 558 g/mol. The van der Waals surface area contributed by atoms with Gasteiger partial charge in [-0.3, -0.25) is 9.69 Å². The molecule has 6 rings (SSSR count). The summed E-state index contributed by atoms with van der Waals surface area (Å²) >= 11 is 7.78. The zero-order valence-electron chi connectivity index (χ0n) is 22.9. The van der Waals surface area contributed by atoms with Crippen LogP contribution in [0.3, 0.4) is 0 Å². The minimum atomic E-state index is -0.00139. The predicted octanol–water partition coefficient (Wildman–Crippen LogP) is 6.16. The second kappa shape index (κ2) is 12.4. The molecule has 0 spiro atoms. The van der Waals surface area contributed by atoms with Crippen LogP contribution in [0.15, 0.2) is 78.2 Å². The van der Waals surface area contributed by atoms with E-state index in [4.69, 9.17) is 25.8 Å². The number of rotatable bonds is 9. The maximum atomic E-state index is 13.1. The van der Waals surface area contributed by atoms with Crippen molar-refractivity contribution in [1.82, 2.24) is 9.80 Å². The molecule has 1 fully saturated rings. The number of halogens is 1. The molecule has 0 unspecified atom stereocenters. The quantitative estimate of drug-likeness (QED) is 0.233. The summed E-state index contributed by atoms with van der Waals surface area (Å²) in [4.78, 5) is 20.9. The highest BCUT2D eigenvalue weighted by Gasteiger charge is 2.22. The van der Waals surface area contributed by atoms with Gasteiger partial charge in [0, 0.05) is 60.4 Å². The van der Waals surface area contributed by atoms with Gasteiger partial charge in [-0.25, -0.2) is 0 Å². The van der Waals surface area contributed by atoms with Crippen molar-refractivity contribution in [3.05, 3.63) is 93.6 Å². The standard InChI is InChI=1S/C32H32ClN3O4S/c1-34(20-28-3-2-16-41-28)19-25-17-23(24-5-11-30-31(18-24)40-22-39-30)4-10-29(25)38-21-32(37)36-14-12-35(13-15-36)27-8-6-26(33)7-9-27/h2-11,16-18H,12-15,19-22H2,1H3. The number of amides is 1. The number of nitrogens with zero attached hydrogens (tertiary/aromatic N) is 3. The fourth-order valence-corrected chi connectivity index (χ4v) is 6.12. The van der Waals surface area contributed by atoms with Gasteiger partial charge in [0.15, 0.2) is 18.1 Å². The van der Waals surface area contributed by atoms with Crippen LogP contribution in [-0.4, -0.2) is 62.3 Å². The van der Waals surface area contributed by atoms with Crippen LogP contribution in [0.2, 0.25) is 5.02 Å². The highest BCUT2D eigenvalue weighted by molar-refractivity contribution is 7.09. The number of carbonyl (C=O) groups excluding carboxylic acids is 1. The summed E-state index contributed by atoms with van der Waals surface area (Å²) in [5.41, 5.74) is 4.24. The summed E-state index contributed by atoms with van der Waals surface area (Å²) in [5, 5.41) is 2.82. The van der Waals surface area contributed by atoms with Crippen molar-refractivity contribution in [2.24, 2.45) is 0 Å². The molecule has 1 saturated heterocycles. The maximum absolute atomic E-state index is 13.1. The first-order chi connectivity index (χ1) is 20.0. The molecule has 0 radical (unpaired) electrons. The molecule has 3 heterocycles. The van der Waals surface area contributed by atoms with E-state index in [0.717, 1.165) is 64.3 Å². The zero-order chi connectivity index (χ0) is 28.2. The zero-order valence-corrected chi connectivity index (χ0v) is 24.5. The molecule has 41 heavy (non-hydrogen) atoms. The number of hydrogen-bond acceptors (Lipinski definition) is 7. The van der Waals surface area contributed by atoms with E-state index in [1.165, 1.54) is 4.88 Å². The third-order valence-electron chi connectivity index (χ3n) is 7.39. The molecule has 0 N–H and O–H groups in total. The molecule has 1 aromatic heterocycles. The molecule has 2 aliphatic rings. The summed E-state index contributed by atoms with van der Waals surface area (Å²) in [6, 6.07) is 24.2. The van der Waals surface area contributed by atoms with Crippen LogP contribution in [-0.2, 0) is 17.9 Å². The van der Waals surface area contributed by atoms with Crippen LogP contribution in [0.25, 0.3) is 11.1 Å². The summed E-state index contributed by atoms with van der Waals surface area (Å²) in [7, 11) is 2.10. The minimum Gasteiger partial charge on any atom is -0.483 e. The van der Waals surface area contributed by atoms with Crippen LogP contribution < -0.4 is 19.1 Å². The second-order valence-electron chi connectivity index (χ2n) is 10.3. The number of thiophene rings is 1. The third-order valence-corrected chi connectivity index (χ3v) is 8.50. The molecule has 2 aliphatic heterocycles. The Kier molecular flexibility index (Phi) is 8.32. The minimum absolute atomic E-state index is 0.00139. The number of carbonyl (C=O) groups is 1. The molecule has 0 saturated carbocycles. The number of benzene rings is 3. The molecule has 3 aromatic carbocycles. The molecule has 9 heteroatoms. The van der Waals surface area contributed by atoms with E-state index in [-0.39, 0.29) is 19.3 Å². The van der Waals surface area contributed by atoms with Crippen molar-refractivity contribution in [2.75, 3.05) is 51.5 Å². The van der Waals surface area contributed by atoms with E-state index in [9.17, 15) is 4.79 Å². The van der Waals surface area contributed by atoms with E-state index in [0.29, 0.717) is 19.6 Å². The third kappa shape index (κ3) is 6.62. The maximum Gasteiger partial charge on any atom is 0.260 e. The van der Waals surface area contributed by atoms with E-state index < -0.39 is 0 Å². The van der Waals surface area contributed by atoms with Gasteiger partial charge in [-0.15, -0.1) is 11.3 Å².